The van der Waals surface area contributed by atoms with E-state index in [2.05, 4.69) is 15.0 Å². The number of alkyl halides is 3. The van der Waals surface area contributed by atoms with Crippen LogP contribution in [0.2, 0.25) is 0 Å². The number of hydrogen-bond donors (Lipinski definition) is 2. The van der Waals surface area contributed by atoms with E-state index >= 15 is 0 Å². The van der Waals surface area contributed by atoms with E-state index in [4.69, 9.17) is 0 Å². The van der Waals surface area contributed by atoms with Crippen LogP contribution in [-0.2, 0) is 17.8 Å². The molecule has 5 nitrogen and oxygen atoms in total. The second kappa shape index (κ2) is 3.78. The molecule has 2 heterocycles. The van der Waals surface area contributed by atoms with Gasteiger partial charge in [-0.25, -0.2) is 0 Å². The number of nitrogens with zero attached hydrogens (tertiary/aromatic N) is 1. The highest BCUT2D eigenvalue weighted by Crippen LogP contribution is 2.24. The minimum absolute atomic E-state index is 0.232. The summed E-state index contributed by atoms with van der Waals surface area (Å²) in [6.45, 7) is 1.03. The van der Waals surface area contributed by atoms with Crippen molar-refractivity contribution in [2.45, 2.75) is 19.1 Å². The lowest BCUT2D eigenvalue weighted by atomic mass is 10.1. The predicted octanol–water partition coefficient (Wildman–Crippen LogP) is 0.821. The Hall–Kier alpha value is -1.57. The molecule has 0 aromatic carbocycles. The lowest BCUT2D eigenvalue weighted by Crippen LogP contribution is -2.31. The van der Waals surface area contributed by atoms with Gasteiger partial charge in [-0.2, -0.15) is 13.2 Å². The van der Waals surface area contributed by atoms with Gasteiger partial charge in [0.05, 0.1) is 11.3 Å². The second-order valence-corrected chi connectivity index (χ2v) is 3.32. The molecule has 0 fully saturated rings. The highest BCUT2D eigenvalue weighted by molar-refractivity contribution is 5.94. The molecular formula is C8H8F3N3O2. The maximum Gasteiger partial charge on any atom is 0.471 e. The molecule has 2 N–H and O–H groups in total. The first-order valence-electron chi connectivity index (χ1n) is 4.55. The third-order valence-electron chi connectivity index (χ3n) is 2.19. The fraction of sp³-hybridized carbons (Fsp3) is 0.500. The normalized spacial score (nSPS) is 15.7. The van der Waals surface area contributed by atoms with Gasteiger partial charge in [0.15, 0.2) is 0 Å². The zero-order valence-electron chi connectivity index (χ0n) is 8.02. The molecule has 0 bridgehead atoms. The number of rotatable bonds is 1. The first kappa shape index (κ1) is 10.9. The van der Waals surface area contributed by atoms with Crippen molar-refractivity contribution in [3.63, 3.8) is 0 Å². The summed E-state index contributed by atoms with van der Waals surface area (Å²) in [6.07, 6.45) is -4.36. The molecule has 88 valence electrons. The number of carbonyl (C=O) groups excluding carboxylic acids is 1. The summed E-state index contributed by atoms with van der Waals surface area (Å²) in [5.74, 6) is -2.29. The molecule has 1 amide bonds. The Kier molecular flexibility index (Phi) is 2.58. The van der Waals surface area contributed by atoms with Crippen molar-refractivity contribution in [3.05, 3.63) is 11.3 Å². The van der Waals surface area contributed by atoms with Crippen LogP contribution in [0, 0.1) is 0 Å². The first-order chi connectivity index (χ1) is 7.48. The highest BCUT2D eigenvalue weighted by Gasteiger charge is 2.40. The quantitative estimate of drug-likeness (QED) is 0.756. The van der Waals surface area contributed by atoms with E-state index in [9.17, 15) is 18.0 Å². The van der Waals surface area contributed by atoms with Crippen molar-refractivity contribution in [1.29, 1.82) is 0 Å². The van der Waals surface area contributed by atoms with Crippen molar-refractivity contribution < 1.29 is 22.5 Å². The minimum Gasteiger partial charge on any atom is -0.338 e. The van der Waals surface area contributed by atoms with E-state index in [1.807, 2.05) is 0 Å². The van der Waals surface area contributed by atoms with Crippen molar-refractivity contribution >= 4 is 11.8 Å². The molecule has 0 unspecified atom stereocenters. The largest absolute Gasteiger partial charge is 0.471 e. The van der Waals surface area contributed by atoms with Gasteiger partial charge in [-0.05, 0) is 0 Å². The molecule has 0 saturated heterocycles. The monoisotopic (exact) mass is 235 g/mol. The molecule has 0 saturated carbocycles. The van der Waals surface area contributed by atoms with E-state index in [-0.39, 0.29) is 5.88 Å². The Morgan fingerprint density at radius 2 is 2.25 bits per heavy atom. The Balaban J connectivity index is 2.16. The Bertz CT molecular complexity index is 413. The number of aromatic nitrogens is 1. The number of nitrogens with one attached hydrogen (secondary N) is 2. The van der Waals surface area contributed by atoms with Crippen molar-refractivity contribution in [2.75, 3.05) is 11.9 Å². The smallest absolute Gasteiger partial charge is 0.338 e. The molecule has 8 heteroatoms. The van der Waals surface area contributed by atoms with Crippen LogP contribution in [-0.4, -0.2) is 23.8 Å². The van der Waals surface area contributed by atoms with Gasteiger partial charge in [-0.1, -0.05) is 5.16 Å². The molecule has 0 aliphatic carbocycles. The van der Waals surface area contributed by atoms with E-state index in [1.54, 1.807) is 5.32 Å². The van der Waals surface area contributed by atoms with Gasteiger partial charge >= 0.3 is 12.1 Å². The third kappa shape index (κ3) is 2.01. The van der Waals surface area contributed by atoms with Crippen LogP contribution >= 0.6 is 0 Å². The molecule has 2 rings (SSSR count). The topological polar surface area (TPSA) is 67.2 Å². The standard InChI is InChI=1S/C8H8F3N3O2/c9-8(10,11)7(15)13-6-4-3-12-2-1-5(4)14-16-6/h12H,1-3H2,(H,13,15). The van der Waals surface area contributed by atoms with Crippen molar-refractivity contribution in [2.24, 2.45) is 0 Å². The van der Waals surface area contributed by atoms with E-state index in [1.165, 1.54) is 0 Å². The molecular weight excluding hydrogens is 227 g/mol. The zero-order valence-corrected chi connectivity index (χ0v) is 8.02. The summed E-state index contributed by atoms with van der Waals surface area (Å²) in [4.78, 5) is 10.7. The maximum atomic E-state index is 12.0. The van der Waals surface area contributed by atoms with Crippen LogP contribution in [0.25, 0.3) is 0 Å². The number of amides is 1. The minimum atomic E-state index is -4.93. The molecule has 16 heavy (non-hydrogen) atoms. The average molecular weight is 235 g/mol. The zero-order chi connectivity index (χ0) is 11.8. The Morgan fingerprint density at radius 1 is 1.50 bits per heavy atom. The van der Waals surface area contributed by atoms with Crippen LogP contribution in [0.5, 0.6) is 0 Å². The first-order valence-corrected chi connectivity index (χ1v) is 4.55. The van der Waals surface area contributed by atoms with Crippen LogP contribution in [0.15, 0.2) is 4.52 Å². The van der Waals surface area contributed by atoms with Gasteiger partial charge in [-0.15, -0.1) is 0 Å². The van der Waals surface area contributed by atoms with Crippen molar-refractivity contribution in [1.82, 2.24) is 10.5 Å². The van der Waals surface area contributed by atoms with Gasteiger partial charge < -0.3 is 9.84 Å². The number of halogens is 3. The summed E-state index contributed by atoms with van der Waals surface area (Å²) in [5.41, 5.74) is 1.06. The molecule has 0 atom stereocenters. The predicted molar refractivity (Wildman–Crippen MR) is 46.6 cm³/mol. The third-order valence-corrected chi connectivity index (χ3v) is 2.19. The maximum absolute atomic E-state index is 12.0. The van der Waals surface area contributed by atoms with Crippen LogP contribution in [0.4, 0.5) is 19.1 Å². The summed E-state index contributed by atoms with van der Waals surface area (Å²) < 4.78 is 40.6. The van der Waals surface area contributed by atoms with Crippen molar-refractivity contribution in [3.8, 4) is 0 Å². The fourth-order valence-electron chi connectivity index (χ4n) is 1.41. The molecule has 1 aromatic rings. The Labute approximate surface area is 88.0 Å². The molecule has 1 aromatic heterocycles. The van der Waals surface area contributed by atoms with Gasteiger partial charge in [0.25, 0.3) is 0 Å². The molecule has 0 radical (unpaired) electrons. The van der Waals surface area contributed by atoms with Gasteiger partial charge in [-0.3, -0.25) is 10.1 Å². The second-order valence-electron chi connectivity index (χ2n) is 3.32. The molecule has 1 aliphatic heterocycles. The lowest BCUT2D eigenvalue weighted by molar-refractivity contribution is -0.167. The average Bonchev–Trinajstić information content (AvgIpc) is 2.61. The highest BCUT2D eigenvalue weighted by atomic mass is 19.4. The summed E-state index contributed by atoms with van der Waals surface area (Å²) in [5, 5.41) is 8.20. The molecule has 1 aliphatic rings. The van der Waals surface area contributed by atoms with E-state index in [0.717, 1.165) is 0 Å². The van der Waals surface area contributed by atoms with Crippen LogP contribution in [0.1, 0.15) is 11.3 Å². The number of anilines is 1. The summed E-state index contributed by atoms with van der Waals surface area (Å²) >= 11 is 0. The Morgan fingerprint density at radius 3 is 2.94 bits per heavy atom. The number of hydrogen-bond acceptors (Lipinski definition) is 4. The number of fused-ring (bicyclic) bond motifs is 1. The molecule has 0 spiro atoms. The van der Waals surface area contributed by atoms with Gasteiger partial charge in [0, 0.05) is 19.5 Å². The number of carbonyl (C=O) groups is 1. The summed E-state index contributed by atoms with van der Waals surface area (Å²) in [6, 6.07) is 0. The fourth-order valence-corrected chi connectivity index (χ4v) is 1.41. The van der Waals surface area contributed by atoms with E-state index < -0.39 is 12.1 Å². The van der Waals surface area contributed by atoms with Crippen LogP contribution in [0.3, 0.4) is 0 Å². The summed E-state index contributed by atoms with van der Waals surface area (Å²) in [7, 11) is 0. The van der Waals surface area contributed by atoms with E-state index in [0.29, 0.717) is 30.8 Å². The SMILES string of the molecule is O=C(Nc1onc2c1CNCC2)C(F)(F)F. The van der Waals surface area contributed by atoms with Crippen LogP contribution < -0.4 is 10.6 Å². The van der Waals surface area contributed by atoms with Gasteiger partial charge in [0.2, 0.25) is 5.88 Å². The lowest BCUT2D eigenvalue weighted by Gasteiger charge is -2.11. The van der Waals surface area contributed by atoms with Gasteiger partial charge in [0.1, 0.15) is 0 Å².